The number of rotatable bonds is 3. The largest absolute Gasteiger partial charge is 0.348 e. The normalized spacial score (nSPS) is 11.5. The minimum atomic E-state index is -0.0771. The molecule has 0 saturated heterocycles. The van der Waals surface area contributed by atoms with E-state index in [9.17, 15) is 4.79 Å². The second-order valence-electron chi connectivity index (χ2n) is 3.57. The first-order chi connectivity index (χ1) is 7.04. The average molecular weight is 308 g/mol. The molecule has 0 unspecified atom stereocenters. The highest BCUT2D eigenvalue weighted by molar-refractivity contribution is 9.10. The van der Waals surface area contributed by atoms with Crippen LogP contribution in [0.1, 0.15) is 22.8 Å². The van der Waals surface area contributed by atoms with Crippen LogP contribution in [-0.2, 0) is 0 Å². The van der Waals surface area contributed by atoms with Crippen LogP contribution in [0.3, 0.4) is 0 Å². The zero-order chi connectivity index (χ0) is 11.4. The molecule has 0 aliphatic carbocycles. The maximum atomic E-state index is 11.8. The molecule has 0 aliphatic heterocycles. The Kier molecular flexibility index (Phi) is 6.64. The Hall–Kier alpha value is -0.580. The summed E-state index contributed by atoms with van der Waals surface area (Å²) in [7, 11) is 0. The van der Waals surface area contributed by atoms with Crippen molar-refractivity contribution in [2.75, 3.05) is 6.54 Å². The molecule has 1 atom stereocenters. The third kappa shape index (κ3) is 4.12. The van der Waals surface area contributed by atoms with E-state index < -0.39 is 0 Å². The molecule has 0 spiro atoms. The Morgan fingerprint density at radius 1 is 1.56 bits per heavy atom. The SMILES string of the molecule is Cc1ccc(Br)cc1C(=O)N[C@@H](C)CN.Cl. The predicted octanol–water partition coefficient (Wildman–Crippen LogP) is 2.26. The third-order valence-corrected chi connectivity index (χ3v) is 2.67. The number of halogens is 2. The van der Waals surface area contributed by atoms with E-state index in [1.807, 2.05) is 32.0 Å². The van der Waals surface area contributed by atoms with Crippen LogP contribution in [-0.4, -0.2) is 18.5 Å². The van der Waals surface area contributed by atoms with Crippen molar-refractivity contribution in [2.45, 2.75) is 19.9 Å². The van der Waals surface area contributed by atoms with Gasteiger partial charge in [-0.25, -0.2) is 0 Å². The van der Waals surface area contributed by atoms with Crippen LogP contribution < -0.4 is 11.1 Å². The molecule has 0 aliphatic rings. The minimum Gasteiger partial charge on any atom is -0.348 e. The lowest BCUT2D eigenvalue weighted by Gasteiger charge is -2.12. The number of carbonyl (C=O) groups is 1. The van der Waals surface area contributed by atoms with Gasteiger partial charge in [0, 0.05) is 22.6 Å². The molecule has 3 nitrogen and oxygen atoms in total. The topological polar surface area (TPSA) is 55.1 Å². The molecule has 1 aromatic carbocycles. The fraction of sp³-hybridized carbons (Fsp3) is 0.364. The summed E-state index contributed by atoms with van der Waals surface area (Å²) in [4.78, 5) is 11.8. The lowest BCUT2D eigenvalue weighted by atomic mass is 10.1. The highest BCUT2D eigenvalue weighted by Gasteiger charge is 2.11. The Bertz CT molecular complexity index is 371. The first kappa shape index (κ1) is 15.4. The number of benzene rings is 1. The van der Waals surface area contributed by atoms with E-state index >= 15 is 0 Å². The molecule has 90 valence electrons. The maximum absolute atomic E-state index is 11.8. The van der Waals surface area contributed by atoms with Gasteiger partial charge in [-0.1, -0.05) is 22.0 Å². The first-order valence-electron chi connectivity index (χ1n) is 4.81. The van der Waals surface area contributed by atoms with Gasteiger partial charge in [-0.2, -0.15) is 0 Å². The van der Waals surface area contributed by atoms with Crippen molar-refractivity contribution < 1.29 is 4.79 Å². The van der Waals surface area contributed by atoms with Crippen molar-refractivity contribution in [1.82, 2.24) is 5.32 Å². The predicted molar refractivity (Wildman–Crippen MR) is 72.1 cm³/mol. The molecule has 5 heteroatoms. The number of aryl methyl sites for hydroxylation is 1. The van der Waals surface area contributed by atoms with Crippen LogP contribution >= 0.6 is 28.3 Å². The van der Waals surface area contributed by atoms with Crippen LogP contribution in [0.25, 0.3) is 0 Å². The van der Waals surface area contributed by atoms with E-state index in [4.69, 9.17) is 5.73 Å². The van der Waals surface area contributed by atoms with Crippen LogP contribution in [0.4, 0.5) is 0 Å². The summed E-state index contributed by atoms with van der Waals surface area (Å²) in [5.74, 6) is -0.0771. The second kappa shape index (κ2) is 6.89. The van der Waals surface area contributed by atoms with Gasteiger partial charge in [0.25, 0.3) is 5.91 Å². The Balaban J connectivity index is 0.00000225. The van der Waals surface area contributed by atoms with Crippen molar-refractivity contribution in [2.24, 2.45) is 5.73 Å². The highest BCUT2D eigenvalue weighted by Crippen LogP contribution is 2.15. The van der Waals surface area contributed by atoms with E-state index in [2.05, 4.69) is 21.2 Å². The van der Waals surface area contributed by atoms with Gasteiger partial charge in [0.2, 0.25) is 0 Å². The van der Waals surface area contributed by atoms with Crippen LogP contribution in [0.15, 0.2) is 22.7 Å². The number of nitrogens with one attached hydrogen (secondary N) is 1. The van der Waals surface area contributed by atoms with Gasteiger partial charge in [0.15, 0.2) is 0 Å². The average Bonchev–Trinajstić information content (AvgIpc) is 2.21. The van der Waals surface area contributed by atoms with Crippen LogP contribution in [0.2, 0.25) is 0 Å². The quantitative estimate of drug-likeness (QED) is 0.900. The van der Waals surface area contributed by atoms with E-state index in [1.165, 1.54) is 0 Å². The number of hydrogen-bond donors (Lipinski definition) is 2. The van der Waals surface area contributed by atoms with Crippen molar-refractivity contribution >= 4 is 34.2 Å². The zero-order valence-electron chi connectivity index (χ0n) is 9.29. The molecule has 0 bridgehead atoms. The third-order valence-electron chi connectivity index (χ3n) is 2.18. The molecule has 3 N–H and O–H groups in total. The lowest BCUT2D eigenvalue weighted by Crippen LogP contribution is -2.38. The highest BCUT2D eigenvalue weighted by atomic mass is 79.9. The van der Waals surface area contributed by atoms with E-state index in [-0.39, 0.29) is 24.4 Å². The van der Waals surface area contributed by atoms with Gasteiger partial charge < -0.3 is 11.1 Å². The molecule has 16 heavy (non-hydrogen) atoms. The van der Waals surface area contributed by atoms with Crippen molar-refractivity contribution in [3.05, 3.63) is 33.8 Å². The molecule has 0 fully saturated rings. The van der Waals surface area contributed by atoms with Gasteiger partial charge in [0.1, 0.15) is 0 Å². The van der Waals surface area contributed by atoms with Crippen molar-refractivity contribution in [3.8, 4) is 0 Å². The Morgan fingerprint density at radius 3 is 2.75 bits per heavy atom. The monoisotopic (exact) mass is 306 g/mol. The maximum Gasteiger partial charge on any atom is 0.251 e. The molecular formula is C11H16BrClN2O. The van der Waals surface area contributed by atoms with Crippen molar-refractivity contribution in [3.63, 3.8) is 0 Å². The Morgan fingerprint density at radius 2 is 2.19 bits per heavy atom. The molecule has 0 saturated carbocycles. The summed E-state index contributed by atoms with van der Waals surface area (Å²) in [6.07, 6.45) is 0. The van der Waals surface area contributed by atoms with E-state index in [0.717, 1.165) is 10.0 Å². The molecule has 0 heterocycles. The fourth-order valence-corrected chi connectivity index (χ4v) is 1.56. The van der Waals surface area contributed by atoms with E-state index in [0.29, 0.717) is 12.1 Å². The van der Waals surface area contributed by atoms with Gasteiger partial charge in [-0.15, -0.1) is 12.4 Å². The summed E-state index contributed by atoms with van der Waals surface area (Å²) >= 11 is 3.34. The fourth-order valence-electron chi connectivity index (χ4n) is 1.20. The minimum absolute atomic E-state index is 0. The summed E-state index contributed by atoms with van der Waals surface area (Å²) in [5.41, 5.74) is 7.09. The number of amides is 1. The summed E-state index contributed by atoms with van der Waals surface area (Å²) in [6, 6.07) is 5.63. The van der Waals surface area contributed by atoms with E-state index in [1.54, 1.807) is 0 Å². The molecule has 1 rings (SSSR count). The van der Waals surface area contributed by atoms with Crippen LogP contribution in [0, 0.1) is 6.92 Å². The molecule has 1 aromatic rings. The molecule has 0 radical (unpaired) electrons. The van der Waals surface area contributed by atoms with Gasteiger partial charge in [-0.3, -0.25) is 4.79 Å². The second-order valence-corrected chi connectivity index (χ2v) is 4.49. The first-order valence-corrected chi connectivity index (χ1v) is 5.61. The molecule has 0 aromatic heterocycles. The van der Waals surface area contributed by atoms with Gasteiger partial charge >= 0.3 is 0 Å². The standard InChI is InChI=1S/C11H15BrN2O.ClH/c1-7-3-4-9(12)5-10(7)11(15)14-8(2)6-13;/h3-5,8H,6,13H2,1-2H3,(H,14,15);1H/t8-;/m0./s1. The summed E-state index contributed by atoms with van der Waals surface area (Å²) in [6.45, 7) is 4.23. The summed E-state index contributed by atoms with van der Waals surface area (Å²) < 4.78 is 0.902. The summed E-state index contributed by atoms with van der Waals surface area (Å²) in [5, 5.41) is 2.83. The van der Waals surface area contributed by atoms with Gasteiger partial charge in [0.05, 0.1) is 0 Å². The van der Waals surface area contributed by atoms with Crippen molar-refractivity contribution in [1.29, 1.82) is 0 Å². The Labute approximate surface area is 110 Å². The number of hydrogen-bond acceptors (Lipinski definition) is 2. The lowest BCUT2D eigenvalue weighted by molar-refractivity contribution is 0.0940. The number of carbonyl (C=O) groups excluding carboxylic acids is 1. The number of nitrogens with two attached hydrogens (primary N) is 1. The van der Waals surface area contributed by atoms with Gasteiger partial charge in [-0.05, 0) is 31.5 Å². The zero-order valence-corrected chi connectivity index (χ0v) is 11.7. The molecule has 1 amide bonds. The van der Waals surface area contributed by atoms with Crippen LogP contribution in [0.5, 0.6) is 0 Å². The smallest absolute Gasteiger partial charge is 0.251 e. The molecular weight excluding hydrogens is 291 g/mol.